The van der Waals surface area contributed by atoms with Crippen LogP contribution in [0, 0.1) is 5.41 Å². The Kier molecular flexibility index (Phi) is 0.970. The normalized spacial score (nSPS) is 57.8. The Morgan fingerprint density at radius 2 is 1.62 bits per heavy atom. The van der Waals surface area contributed by atoms with Crippen molar-refractivity contribution in [3.8, 4) is 0 Å². The zero-order valence-corrected chi connectivity index (χ0v) is 5.92. The minimum Gasteiger partial charge on any atom is -0.325 e. The molecule has 0 aromatic rings. The van der Waals surface area contributed by atoms with Crippen LogP contribution in [0.1, 0.15) is 26.2 Å². The number of hydrogen-bond donors (Lipinski definition) is 1. The van der Waals surface area contributed by atoms with E-state index in [4.69, 9.17) is 5.73 Å². The second-order valence-corrected chi connectivity index (χ2v) is 3.70. The highest BCUT2D eigenvalue weighted by Gasteiger charge is 2.62. The molecule has 0 spiro atoms. The van der Waals surface area contributed by atoms with Gasteiger partial charge in [-0.1, -0.05) is 6.92 Å². The highest BCUT2D eigenvalue weighted by molar-refractivity contribution is 5.85. The third-order valence-electron chi connectivity index (χ3n) is 2.34. The zero-order chi connectivity index (χ0) is 5.12. The molecule has 0 amide bonds. The Hall–Kier alpha value is 0.250. The highest BCUT2D eigenvalue weighted by atomic mass is 35.5. The summed E-state index contributed by atoms with van der Waals surface area (Å²) in [5.74, 6) is 0. The summed E-state index contributed by atoms with van der Waals surface area (Å²) in [6.45, 7) is 2.32. The molecule has 3 aliphatic rings. The van der Waals surface area contributed by atoms with Gasteiger partial charge in [0.2, 0.25) is 0 Å². The maximum absolute atomic E-state index is 5.77. The molecular weight excluding hydrogens is 122 g/mol. The van der Waals surface area contributed by atoms with Crippen LogP contribution in [0.4, 0.5) is 0 Å². The maximum atomic E-state index is 5.77. The summed E-state index contributed by atoms with van der Waals surface area (Å²) < 4.78 is 0. The van der Waals surface area contributed by atoms with Crippen molar-refractivity contribution in [2.24, 2.45) is 11.1 Å². The molecule has 2 bridgehead atoms. The molecule has 0 saturated heterocycles. The van der Waals surface area contributed by atoms with Gasteiger partial charge in [-0.15, -0.1) is 12.4 Å². The summed E-state index contributed by atoms with van der Waals surface area (Å²) in [6.07, 6.45) is 3.88. The third kappa shape index (κ3) is 0.517. The monoisotopic (exact) mass is 133 g/mol. The van der Waals surface area contributed by atoms with Gasteiger partial charge in [0.1, 0.15) is 0 Å². The quantitative estimate of drug-likeness (QED) is 0.530. The molecule has 3 rings (SSSR count). The molecule has 2 N–H and O–H groups in total. The van der Waals surface area contributed by atoms with Crippen LogP contribution < -0.4 is 5.73 Å². The van der Waals surface area contributed by atoms with E-state index < -0.39 is 0 Å². The van der Waals surface area contributed by atoms with Crippen molar-refractivity contribution < 1.29 is 0 Å². The Morgan fingerprint density at radius 1 is 1.25 bits per heavy atom. The average Bonchev–Trinajstić information content (AvgIpc) is 1.27. The first-order chi connectivity index (χ1) is 3.12. The van der Waals surface area contributed by atoms with E-state index in [1.54, 1.807) is 0 Å². The van der Waals surface area contributed by atoms with E-state index in [2.05, 4.69) is 6.92 Å². The summed E-state index contributed by atoms with van der Waals surface area (Å²) in [4.78, 5) is 0. The largest absolute Gasteiger partial charge is 0.325 e. The van der Waals surface area contributed by atoms with Crippen molar-refractivity contribution in [3.63, 3.8) is 0 Å². The van der Waals surface area contributed by atoms with E-state index in [1.807, 2.05) is 0 Å². The van der Waals surface area contributed by atoms with Crippen molar-refractivity contribution in [3.05, 3.63) is 0 Å². The van der Waals surface area contributed by atoms with Crippen LogP contribution in [0.5, 0.6) is 0 Å². The number of halogens is 1. The lowest BCUT2D eigenvalue weighted by atomic mass is 9.41. The molecule has 0 atom stereocenters. The first kappa shape index (κ1) is 6.37. The van der Waals surface area contributed by atoms with Crippen LogP contribution in [0.15, 0.2) is 0 Å². The minimum absolute atomic E-state index is 0. The van der Waals surface area contributed by atoms with E-state index in [-0.39, 0.29) is 12.4 Å². The van der Waals surface area contributed by atoms with Gasteiger partial charge in [-0.05, 0) is 24.7 Å². The van der Waals surface area contributed by atoms with Crippen LogP contribution in [-0.2, 0) is 0 Å². The molecule has 48 valence electrons. The molecule has 0 aliphatic heterocycles. The molecule has 3 saturated carbocycles. The van der Waals surface area contributed by atoms with Gasteiger partial charge in [-0.2, -0.15) is 0 Å². The van der Waals surface area contributed by atoms with Crippen LogP contribution in [0.25, 0.3) is 0 Å². The molecule has 0 aromatic heterocycles. The van der Waals surface area contributed by atoms with Crippen molar-refractivity contribution >= 4 is 12.4 Å². The Balaban J connectivity index is 0.000000320. The van der Waals surface area contributed by atoms with Crippen molar-refractivity contribution in [2.75, 3.05) is 0 Å². The smallest absolute Gasteiger partial charge is 0.0170 e. The van der Waals surface area contributed by atoms with Gasteiger partial charge in [0.25, 0.3) is 0 Å². The Morgan fingerprint density at radius 3 is 1.62 bits per heavy atom. The molecule has 0 heterocycles. The van der Waals surface area contributed by atoms with Gasteiger partial charge in [-0.25, -0.2) is 0 Å². The van der Waals surface area contributed by atoms with Crippen LogP contribution in [-0.4, -0.2) is 5.54 Å². The molecule has 0 radical (unpaired) electrons. The van der Waals surface area contributed by atoms with E-state index in [1.165, 1.54) is 19.3 Å². The molecule has 3 fully saturated rings. The van der Waals surface area contributed by atoms with E-state index in [0.717, 1.165) is 0 Å². The second-order valence-electron chi connectivity index (χ2n) is 3.70. The lowest BCUT2D eigenvalue weighted by molar-refractivity contribution is -0.115. The summed E-state index contributed by atoms with van der Waals surface area (Å²) in [5.41, 5.74) is 6.80. The maximum Gasteiger partial charge on any atom is 0.0170 e. The molecule has 1 nitrogen and oxygen atoms in total. The lowest BCUT2D eigenvalue weighted by Crippen LogP contribution is -2.70. The van der Waals surface area contributed by atoms with Crippen molar-refractivity contribution in [2.45, 2.75) is 31.7 Å². The van der Waals surface area contributed by atoms with Gasteiger partial charge >= 0.3 is 0 Å². The first-order valence-corrected chi connectivity index (χ1v) is 2.91. The van der Waals surface area contributed by atoms with Crippen molar-refractivity contribution in [1.29, 1.82) is 0 Å². The van der Waals surface area contributed by atoms with Crippen LogP contribution >= 0.6 is 12.4 Å². The predicted molar refractivity (Wildman–Crippen MR) is 36.1 cm³/mol. The topological polar surface area (TPSA) is 26.0 Å². The van der Waals surface area contributed by atoms with E-state index in [9.17, 15) is 0 Å². The van der Waals surface area contributed by atoms with Gasteiger partial charge in [0, 0.05) is 5.54 Å². The highest BCUT2D eigenvalue weighted by Crippen LogP contribution is 2.65. The van der Waals surface area contributed by atoms with Gasteiger partial charge in [0.05, 0.1) is 0 Å². The lowest BCUT2D eigenvalue weighted by Gasteiger charge is -2.67. The Labute approximate surface area is 56.0 Å². The van der Waals surface area contributed by atoms with E-state index >= 15 is 0 Å². The standard InChI is InChI=1S/C6H11N.ClH/c1-5-2-6(7,3-5)4-5;/h2-4,7H2,1H3;1H. The average molecular weight is 134 g/mol. The fourth-order valence-corrected chi connectivity index (χ4v) is 2.39. The number of rotatable bonds is 0. The molecular formula is C6H12ClN. The summed E-state index contributed by atoms with van der Waals surface area (Å²) in [6, 6.07) is 0. The summed E-state index contributed by atoms with van der Waals surface area (Å²) >= 11 is 0. The SMILES string of the molecule is CC12CC(N)(C1)C2.Cl. The number of nitrogens with two attached hydrogens (primary N) is 1. The second kappa shape index (κ2) is 1.22. The fourth-order valence-electron chi connectivity index (χ4n) is 2.39. The Bertz CT molecular complexity index is 89.9. The van der Waals surface area contributed by atoms with Gasteiger partial charge in [-0.3, -0.25) is 0 Å². The van der Waals surface area contributed by atoms with Gasteiger partial charge in [0.15, 0.2) is 0 Å². The molecule has 8 heavy (non-hydrogen) atoms. The minimum atomic E-state index is 0. The van der Waals surface area contributed by atoms with Gasteiger partial charge < -0.3 is 5.73 Å². The predicted octanol–water partition coefficient (Wildman–Crippen LogP) is 1.31. The fraction of sp³-hybridized carbons (Fsp3) is 1.00. The first-order valence-electron chi connectivity index (χ1n) is 2.91. The molecule has 0 unspecified atom stereocenters. The molecule has 2 heteroatoms. The molecule has 3 aliphatic carbocycles. The zero-order valence-electron chi connectivity index (χ0n) is 5.11. The van der Waals surface area contributed by atoms with Crippen LogP contribution in [0.3, 0.4) is 0 Å². The summed E-state index contributed by atoms with van der Waals surface area (Å²) in [7, 11) is 0. The van der Waals surface area contributed by atoms with Crippen molar-refractivity contribution in [1.82, 2.24) is 0 Å². The summed E-state index contributed by atoms with van der Waals surface area (Å²) in [5, 5.41) is 0. The van der Waals surface area contributed by atoms with E-state index in [0.29, 0.717) is 11.0 Å². The van der Waals surface area contributed by atoms with Crippen LogP contribution in [0.2, 0.25) is 0 Å². The third-order valence-corrected chi connectivity index (χ3v) is 2.34. The number of hydrogen-bond acceptors (Lipinski definition) is 1. The molecule has 0 aromatic carbocycles.